The number of hydrogen-bond acceptors (Lipinski definition) is 5. The average Bonchev–Trinajstić information content (AvgIpc) is 2.73. The summed E-state index contributed by atoms with van der Waals surface area (Å²) in [4.78, 5) is 25.9. The second-order valence-electron chi connectivity index (χ2n) is 6.70. The minimum Gasteiger partial charge on any atom is -0.497 e. The molecule has 8 heteroatoms. The average molecular weight is 386 g/mol. The number of nitro benzene ring substituents is 1. The van der Waals surface area contributed by atoms with Crippen molar-refractivity contribution in [2.45, 2.75) is 6.54 Å². The van der Waals surface area contributed by atoms with E-state index in [-0.39, 0.29) is 18.2 Å². The first-order valence-corrected chi connectivity index (χ1v) is 9.16. The molecule has 1 saturated heterocycles. The van der Waals surface area contributed by atoms with Gasteiger partial charge in [-0.3, -0.25) is 14.9 Å². The Balaban J connectivity index is 1.42. The molecule has 1 aliphatic heterocycles. The van der Waals surface area contributed by atoms with Crippen LogP contribution in [0.1, 0.15) is 5.56 Å². The molecule has 148 valence electrons. The van der Waals surface area contributed by atoms with Crippen molar-refractivity contribution in [2.75, 3.05) is 39.9 Å². The lowest BCUT2D eigenvalue weighted by atomic mass is 10.2. The number of nitrogens with one attached hydrogen (secondary N) is 1. The van der Waals surface area contributed by atoms with Crippen LogP contribution in [0.25, 0.3) is 0 Å². The summed E-state index contributed by atoms with van der Waals surface area (Å²) in [7, 11) is 1.60. The maximum absolute atomic E-state index is 12.4. The number of quaternary nitrogens is 1. The zero-order chi connectivity index (χ0) is 19.9. The van der Waals surface area contributed by atoms with Gasteiger partial charge in [-0.25, -0.2) is 0 Å². The summed E-state index contributed by atoms with van der Waals surface area (Å²) in [5.41, 5.74) is 1.16. The molecule has 1 aliphatic rings. The highest BCUT2D eigenvalue weighted by molar-refractivity contribution is 5.77. The summed E-state index contributed by atoms with van der Waals surface area (Å²) in [6, 6.07) is 13.8. The van der Waals surface area contributed by atoms with Crippen molar-refractivity contribution in [3.05, 3.63) is 64.2 Å². The van der Waals surface area contributed by atoms with Crippen LogP contribution in [0.3, 0.4) is 0 Å². The number of ether oxygens (including phenoxy) is 2. The van der Waals surface area contributed by atoms with Crippen molar-refractivity contribution in [1.82, 2.24) is 4.90 Å². The van der Waals surface area contributed by atoms with Crippen molar-refractivity contribution in [3.8, 4) is 11.5 Å². The first kappa shape index (κ1) is 19.6. The molecule has 1 heterocycles. The first-order valence-electron chi connectivity index (χ1n) is 9.16. The number of benzene rings is 2. The van der Waals surface area contributed by atoms with E-state index in [9.17, 15) is 14.9 Å². The Morgan fingerprint density at radius 1 is 1.07 bits per heavy atom. The zero-order valence-corrected chi connectivity index (χ0v) is 15.8. The van der Waals surface area contributed by atoms with Gasteiger partial charge in [-0.2, -0.15) is 0 Å². The van der Waals surface area contributed by atoms with Gasteiger partial charge in [-0.15, -0.1) is 0 Å². The SMILES string of the molecule is COc1ccc(OCC(=O)N2CC[NH+](Cc3ccc([N+](=O)[O-])cc3)CC2)cc1. The highest BCUT2D eigenvalue weighted by atomic mass is 16.6. The van der Waals surface area contributed by atoms with E-state index in [2.05, 4.69) is 0 Å². The van der Waals surface area contributed by atoms with Gasteiger partial charge in [0.1, 0.15) is 18.0 Å². The quantitative estimate of drug-likeness (QED) is 0.565. The molecule has 1 fully saturated rings. The van der Waals surface area contributed by atoms with E-state index in [0.29, 0.717) is 18.8 Å². The Bertz CT molecular complexity index is 800. The number of hydrogen-bond donors (Lipinski definition) is 1. The second-order valence-corrected chi connectivity index (χ2v) is 6.70. The Morgan fingerprint density at radius 2 is 1.68 bits per heavy atom. The number of piperazine rings is 1. The number of carbonyl (C=O) groups excluding carboxylic acids is 1. The number of non-ortho nitro benzene ring substituents is 1. The summed E-state index contributed by atoms with van der Waals surface area (Å²) in [5, 5.41) is 10.7. The lowest BCUT2D eigenvalue weighted by Gasteiger charge is -2.32. The Labute approximate surface area is 163 Å². The monoisotopic (exact) mass is 386 g/mol. The van der Waals surface area contributed by atoms with Crippen LogP contribution < -0.4 is 14.4 Å². The lowest BCUT2D eigenvalue weighted by Crippen LogP contribution is -3.13. The highest BCUT2D eigenvalue weighted by Crippen LogP contribution is 2.17. The topological polar surface area (TPSA) is 86.3 Å². The third-order valence-corrected chi connectivity index (χ3v) is 4.85. The van der Waals surface area contributed by atoms with Gasteiger partial charge in [-0.05, 0) is 36.4 Å². The van der Waals surface area contributed by atoms with Crippen LogP contribution in [0.2, 0.25) is 0 Å². The zero-order valence-electron chi connectivity index (χ0n) is 15.8. The molecule has 1 N–H and O–H groups in total. The van der Waals surface area contributed by atoms with E-state index >= 15 is 0 Å². The minimum absolute atomic E-state index is 0.0179. The molecule has 0 atom stereocenters. The van der Waals surface area contributed by atoms with Crippen molar-refractivity contribution in [2.24, 2.45) is 0 Å². The standard InChI is InChI=1S/C20H23N3O5/c1-27-18-6-8-19(9-7-18)28-15-20(24)22-12-10-21(11-13-22)14-16-2-4-17(5-3-16)23(25)26/h2-9H,10-15H2,1H3/p+1. The number of nitrogens with zero attached hydrogens (tertiary/aromatic N) is 2. The molecule has 0 spiro atoms. The predicted octanol–water partition coefficient (Wildman–Crippen LogP) is 0.910. The molecule has 0 aromatic heterocycles. The van der Waals surface area contributed by atoms with E-state index in [1.165, 1.54) is 17.0 Å². The van der Waals surface area contributed by atoms with E-state index in [1.807, 2.05) is 4.90 Å². The van der Waals surface area contributed by atoms with Gasteiger partial charge in [0, 0.05) is 17.7 Å². The molecular weight excluding hydrogens is 362 g/mol. The van der Waals surface area contributed by atoms with Gasteiger partial charge in [0.05, 0.1) is 38.2 Å². The van der Waals surface area contributed by atoms with Crippen LogP contribution in [-0.2, 0) is 11.3 Å². The number of rotatable bonds is 7. The van der Waals surface area contributed by atoms with Gasteiger partial charge in [0.2, 0.25) is 0 Å². The molecule has 0 aliphatic carbocycles. The largest absolute Gasteiger partial charge is 0.497 e. The van der Waals surface area contributed by atoms with E-state index in [1.54, 1.807) is 43.5 Å². The fraction of sp³-hybridized carbons (Fsp3) is 0.350. The van der Waals surface area contributed by atoms with Gasteiger partial charge in [-0.1, -0.05) is 0 Å². The molecule has 0 unspecified atom stereocenters. The van der Waals surface area contributed by atoms with Gasteiger partial charge >= 0.3 is 0 Å². The summed E-state index contributed by atoms with van der Waals surface area (Å²) in [6.45, 7) is 3.84. The number of nitro groups is 1. The lowest BCUT2D eigenvalue weighted by molar-refractivity contribution is -0.917. The van der Waals surface area contributed by atoms with E-state index < -0.39 is 4.92 Å². The Hall–Kier alpha value is -3.13. The Morgan fingerprint density at radius 3 is 2.25 bits per heavy atom. The maximum Gasteiger partial charge on any atom is 0.269 e. The fourth-order valence-corrected chi connectivity index (χ4v) is 3.18. The smallest absolute Gasteiger partial charge is 0.269 e. The first-order chi connectivity index (χ1) is 13.5. The predicted molar refractivity (Wildman–Crippen MR) is 103 cm³/mol. The summed E-state index contributed by atoms with van der Waals surface area (Å²) < 4.78 is 10.7. The number of methoxy groups -OCH3 is 1. The molecular formula is C20H24N3O5+. The molecule has 1 amide bonds. The number of carbonyl (C=O) groups is 1. The van der Waals surface area contributed by atoms with Gasteiger partial charge in [0.15, 0.2) is 6.61 Å². The molecule has 3 rings (SSSR count). The van der Waals surface area contributed by atoms with Crippen LogP contribution in [0.5, 0.6) is 11.5 Å². The van der Waals surface area contributed by atoms with Gasteiger partial charge < -0.3 is 19.3 Å². The fourth-order valence-electron chi connectivity index (χ4n) is 3.18. The third kappa shape index (κ3) is 5.20. The third-order valence-electron chi connectivity index (χ3n) is 4.85. The molecule has 8 nitrogen and oxygen atoms in total. The maximum atomic E-state index is 12.4. The molecule has 28 heavy (non-hydrogen) atoms. The molecule has 0 saturated carbocycles. The molecule has 0 radical (unpaired) electrons. The van der Waals surface area contributed by atoms with Crippen LogP contribution in [0.4, 0.5) is 5.69 Å². The van der Waals surface area contributed by atoms with Crippen molar-refractivity contribution in [3.63, 3.8) is 0 Å². The second kappa shape index (κ2) is 9.18. The molecule has 0 bridgehead atoms. The molecule has 2 aromatic rings. The summed E-state index contributed by atoms with van der Waals surface area (Å²) in [5.74, 6) is 1.35. The highest BCUT2D eigenvalue weighted by Gasteiger charge is 2.24. The molecule has 2 aromatic carbocycles. The van der Waals surface area contributed by atoms with Crippen LogP contribution in [0.15, 0.2) is 48.5 Å². The Kier molecular flexibility index (Phi) is 6.44. The summed E-state index contributed by atoms with van der Waals surface area (Å²) >= 11 is 0. The van der Waals surface area contributed by atoms with E-state index in [4.69, 9.17) is 9.47 Å². The van der Waals surface area contributed by atoms with Crippen molar-refractivity contribution in [1.29, 1.82) is 0 Å². The van der Waals surface area contributed by atoms with Crippen molar-refractivity contribution < 1.29 is 24.1 Å². The van der Waals surface area contributed by atoms with Crippen LogP contribution in [-0.4, -0.2) is 55.6 Å². The summed E-state index contributed by atoms with van der Waals surface area (Å²) in [6.07, 6.45) is 0. The van der Waals surface area contributed by atoms with Crippen LogP contribution >= 0.6 is 0 Å². The van der Waals surface area contributed by atoms with Gasteiger partial charge in [0.25, 0.3) is 11.6 Å². The van der Waals surface area contributed by atoms with Crippen LogP contribution in [0, 0.1) is 10.1 Å². The van der Waals surface area contributed by atoms with E-state index in [0.717, 1.165) is 30.9 Å². The number of amides is 1. The minimum atomic E-state index is -0.394. The van der Waals surface area contributed by atoms with Crippen molar-refractivity contribution >= 4 is 11.6 Å². The normalized spacial score (nSPS) is 14.5.